The molecule has 0 atom stereocenters. The lowest BCUT2D eigenvalue weighted by molar-refractivity contribution is -0.139. The van der Waals surface area contributed by atoms with Crippen LogP contribution in [0, 0.1) is 6.92 Å². The largest absolute Gasteiger partial charge is 0.468 e. The summed E-state index contributed by atoms with van der Waals surface area (Å²) in [6, 6.07) is 0. The molecule has 1 aromatic heterocycles. The Morgan fingerprint density at radius 3 is 2.86 bits per heavy atom. The molecule has 0 fully saturated rings. The average molecular weight is 198 g/mol. The number of aryl methyl sites for hydroxylation is 1. The van der Waals surface area contributed by atoms with Crippen LogP contribution in [-0.4, -0.2) is 30.7 Å². The van der Waals surface area contributed by atoms with Crippen molar-refractivity contribution in [3.05, 3.63) is 17.5 Å². The van der Waals surface area contributed by atoms with Crippen LogP contribution in [0.25, 0.3) is 0 Å². The van der Waals surface area contributed by atoms with Gasteiger partial charge in [-0.1, -0.05) is 5.16 Å². The Morgan fingerprint density at radius 1 is 1.64 bits per heavy atom. The fourth-order valence-corrected chi connectivity index (χ4v) is 0.830. The summed E-state index contributed by atoms with van der Waals surface area (Å²) in [5.41, 5.74) is 0.793. The van der Waals surface area contributed by atoms with E-state index in [-0.39, 0.29) is 6.54 Å². The van der Waals surface area contributed by atoms with Crippen LogP contribution in [0.4, 0.5) is 0 Å². The van der Waals surface area contributed by atoms with E-state index < -0.39 is 11.9 Å². The first kappa shape index (κ1) is 10.2. The number of esters is 1. The van der Waals surface area contributed by atoms with E-state index in [2.05, 4.69) is 19.7 Å². The normalized spacial score (nSPS) is 9.57. The number of methoxy groups -OCH3 is 1. The van der Waals surface area contributed by atoms with E-state index in [1.165, 1.54) is 13.4 Å². The lowest BCUT2D eigenvalue weighted by Gasteiger charge is -2.01. The maximum absolute atomic E-state index is 11.3. The van der Waals surface area contributed by atoms with E-state index in [1.807, 2.05) is 0 Å². The molecule has 1 rings (SSSR count). The second-order valence-corrected chi connectivity index (χ2v) is 2.57. The molecular weight excluding hydrogens is 188 g/mol. The summed E-state index contributed by atoms with van der Waals surface area (Å²) in [7, 11) is 1.25. The number of hydrogen-bond acceptors (Lipinski definition) is 5. The molecular formula is C8H10N2O4. The Labute approximate surface area is 80.2 Å². The van der Waals surface area contributed by atoms with E-state index in [0.29, 0.717) is 11.3 Å². The third kappa shape index (κ3) is 2.32. The Hall–Kier alpha value is -1.85. The van der Waals surface area contributed by atoms with Gasteiger partial charge in [-0.25, -0.2) is 0 Å². The quantitative estimate of drug-likeness (QED) is 0.685. The van der Waals surface area contributed by atoms with Crippen LogP contribution >= 0.6 is 0 Å². The van der Waals surface area contributed by atoms with Gasteiger partial charge in [0, 0.05) is 0 Å². The summed E-state index contributed by atoms with van der Waals surface area (Å²) >= 11 is 0. The van der Waals surface area contributed by atoms with E-state index in [1.54, 1.807) is 6.92 Å². The van der Waals surface area contributed by atoms with Crippen molar-refractivity contribution >= 4 is 11.9 Å². The van der Waals surface area contributed by atoms with Crippen molar-refractivity contribution in [3.8, 4) is 0 Å². The van der Waals surface area contributed by atoms with Crippen LogP contribution in [-0.2, 0) is 9.53 Å². The van der Waals surface area contributed by atoms with E-state index in [0.717, 1.165) is 0 Å². The molecule has 1 heterocycles. The highest BCUT2D eigenvalue weighted by molar-refractivity contribution is 5.96. The molecule has 14 heavy (non-hydrogen) atoms. The molecule has 0 aliphatic rings. The van der Waals surface area contributed by atoms with Gasteiger partial charge in [-0.2, -0.15) is 0 Å². The number of nitrogens with one attached hydrogen (secondary N) is 1. The second kappa shape index (κ2) is 4.40. The number of amides is 1. The van der Waals surface area contributed by atoms with Crippen LogP contribution < -0.4 is 5.32 Å². The predicted octanol–water partition coefficient (Wildman–Crippen LogP) is -0.114. The molecule has 0 aromatic carbocycles. The van der Waals surface area contributed by atoms with Gasteiger partial charge in [0.1, 0.15) is 18.4 Å². The van der Waals surface area contributed by atoms with E-state index in [4.69, 9.17) is 0 Å². The highest BCUT2D eigenvalue weighted by Gasteiger charge is 2.13. The van der Waals surface area contributed by atoms with Crippen LogP contribution in [0.2, 0.25) is 0 Å². The van der Waals surface area contributed by atoms with Gasteiger partial charge in [-0.15, -0.1) is 0 Å². The zero-order chi connectivity index (χ0) is 10.6. The predicted molar refractivity (Wildman–Crippen MR) is 45.6 cm³/mol. The van der Waals surface area contributed by atoms with Crippen LogP contribution in [0.15, 0.2) is 10.8 Å². The van der Waals surface area contributed by atoms with Gasteiger partial charge in [0.05, 0.1) is 12.8 Å². The van der Waals surface area contributed by atoms with E-state index in [9.17, 15) is 9.59 Å². The van der Waals surface area contributed by atoms with Gasteiger partial charge in [-0.3, -0.25) is 9.59 Å². The Kier molecular flexibility index (Phi) is 3.22. The molecule has 1 aromatic rings. The van der Waals surface area contributed by atoms with Crippen molar-refractivity contribution in [2.24, 2.45) is 0 Å². The number of aromatic nitrogens is 1. The zero-order valence-electron chi connectivity index (χ0n) is 7.86. The van der Waals surface area contributed by atoms with Crippen molar-refractivity contribution in [2.45, 2.75) is 6.92 Å². The summed E-state index contributed by atoms with van der Waals surface area (Å²) < 4.78 is 8.93. The number of nitrogens with zero attached hydrogens (tertiary/aromatic N) is 1. The molecule has 0 aliphatic heterocycles. The number of hydrogen-bond donors (Lipinski definition) is 1. The Balaban J connectivity index is 2.52. The number of ether oxygens (including phenoxy) is 1. The fourth-order valence-electron chi connectivity index (χ4n) is 0.830. The van der Waals surface area contributed by atoms with Crippen LogP contribution in [0.3, 0.4) is 0 Å². The van der Waals surface area contributed by atoms with E-state index >= 15 is 0 Å². The summed E-state index contributed by atoms with van der Waals surface area (Å²) in [6.07, 6.45) is 1.22. The lowest BCUT2D eigenvalue weighted by atomic mass is 10.2. The highest BCUT2D eigenvalue weighted by atomic mass is 16.5. The number of carbonyl (C=O) groups is 2. The van der Waals surface area contributed by atoms with Crippen molar-refractivity contribution < 1.29 is 18.8 Å². The summed E-state index contributed by atoms with van der Waals surface area (Å²) in [6.45, 7) is 1.47. The zero-order valence-corrected chi connectivity index (χ0v) is 7.86. The standard InChI is InChI=1S/C8H10N2O4/c1-5-6(4-14-10-5)8(12)9-3-7(11)13-2/h4H,3H2,1-2H3,(H,9,12). The molecule has 0 spiro atoms. The van der Waals surface area contributed by atoms with Crippen LogP contribution in [0.1, 0.15) is 16.1 Å². The molecule has 6 nitrogen and oxygen atoms in total. The molecule has 1 amide bonds. The van der Waals surface area contributed by atoms with Crippen molar-refractivity contribution in [1.82, 2.24) is 10.5 Å². The van der Waals surface area contributed by atoms with Gasteiger partial charge in [0.25, 0.3) is 5.91 Å². The Bertz CT molecular complexity index is 345. The molecule has 0 radical (unpaired) electrons. The SMILES string of the molecule is COC(=O)CNC(=O)c1conc1C. The molecule has 76 valence electrons. The van der Waals surface area contributed by atoms with Gasteiger partial charge < -0.3 is 14.6 Å². The minimum Gasteiger partial charge on any atom is -0.468 e. The molecule has 1 N–H and O–H groups in total. The minimum absolute atomic E-state index is 0.167. The smallest absolute Gasteiger partial charge is 0.325 e. The topological polar surface area (TPSA) is 81.4 Å². The Morgan fingerprint density at radius 2 is 2.36 bits per heavy atom. The van der Waals surface area contributed by atoms with Crippen LogP contribution in [0.5, 0.6) is 0 Å². The third-order valence-corrected chi connectivity index (χ3v) is 1.62. The summed E-state index contributed by atoms with van der Waals surface area (Å²) in [5.74, 6) is -0.915. The van der Waals surface area contributed by atoms with Gasteiger partial charge in [0.15, 0.2) is 0 Å². The number of carbonyl (C=O) groups excluding carboxylic acids is 2. The molecule has 0 saturated heterocycles. The maximum Gasteiger partial charge on any atom is 0.325 e. The molecule has 0 unspecified atom stereocenters. The monoisotopic (exact) mass is 198 g/mol. The van der Waals surface area contributed by atoms with Crippen molar-refractivity contribution in [3.63, 3.8) is 0 Å². The summed E-state index contributed by atoms with van der Waals surface area (Å²) in [4.78, 5) is 22.0. The fraction of sp³-hybridized carbons (Fsp3) is 0.375. The number of rotatable bonds is 3. The highest BCUT2D eigenvalue weighted by Crippen LogP contribution is 2.03. The first-order valence-corrected chi connectivity index (χ1v) is 3.91. The third-order valence-electron chi connectivity index (χ3n) is 1.62. The minimum atomic E-state index is -0.507. The molecule has 6 heteroatoms. The first-order chi connectivity index (χ1) is 6.65. The molecule has 0 bridgehead atoms. The van der Waals surface area contributed by atoms with Gasteiger partial charge in [-0.05, 0) is 6.92 Å². The first-order valence-electron chi connectivity index (χ1n) is 3.91. The molecule has 0 aliphatic carbocycles. The van der Waals surface area contributed by atoms with Gasteiger partial charge >= 0.3 is 5.97 Å². The maximum atomic E-state index is 11.3. The average Bonchev–Trinajstić information content (AvgIpc) is 2.60. The lowest BCUT2D eigenvalue weighted by Crippen LogP contribution is -2.30. The second-order valence-electron chi connectivity index (χ2n) is 2.57. The van der Waals surface area contributed by atoms with Crippen molar-refractivity contribution in [2.75, 3.05) is 13.7 Å². The molecule has 0 saturated carbocycles. The summed E-state index contributed by atoms with van der Waals surface area (Å²) in [5, 5.41) is 5.90. The van der Waals surface area contributed by atoms with Gasteiger partial charge in [0.2, 0.25) is 0 Å². The van der Waals surface area contributed by atoms with Crippen molar-refractivity contribution in [1.29, 1.82) is 0 Å².